The van der Waals surface area contributed by atoms with Crippen LogP contribution in [0.3, 0.4) is 0 Å². The van der Waals surface area contributed by atoms with Crippen LogP contribution >= 0.6 is 0 Å². The number of ether oxygens (including phenoxy) is 1. The zero-order chi connectivity index (χ0) is 20.5. The quantitative estimate of drug-likeness (QED) is 0.681. The molecule has 0 aliphatic rings. The number of hydrogen-bond donors (Lipinski definition) is 2. The summed E-state index contributed by atoms with van der Waals surface area (Å²) in [5.41, 5.74) is 4.49. The molecule has 0 bridgehead atoms. The first-order valence-electron chi connectivity index (χ1n) is 9.29. The van der Waals surface area contributed by atoms with Gasteiger partial charge in [-0.3, -0.25) is 14.4 Å². The molecule has 0 saturated heterocycles. The highest BCUT2D eigenvalue weighted by Gasteiger charge is 2.12. The lowest BCUT2D eigenvalue weighted by Gasteiger charge is -2.11. The van der Waals surface area contributed by atoms with E-state index in [1.165, 1.54) is 5.56 Å². The molecule has 0 aromatic heterocycles. The lowest BCUT2D eigenvalue weighted by molar-refractivity contribution is -0.147. The number of carbonyl (C=O) groups excluding carboxylic acids is 3. The summed E-state index contributed by atoms with van der Waals surface area (Å²) in [7, 11) is 0. The Kier molecular flexibility index (Phi) is 7.75. The van der Waals surface area contributed by atoms with E-state index in [-0.39, 0.29) is 25.4 Å². The molecular weight excluding hydrogens is 356 g/mol. The molecule has 2 amide bonds. The Morgan fingerprint density at radius 3 is 2.11 bits per heavy atom. The van der Waals surface area contributed by atoms with E-state index in [1.54, 1.807) is 12.1 Å². The molecule has 0 radical (unpaired) electrons. The predicted octanol–water partition coefficient (Wildman–Crippen LogP) is 3.77. The second-order valence-electron chi connectivity index (χ2n) is 6.57. The molecule has 0 atom stereocenters. The zero-order valence-corrected chi connectivity index (χ0v) is 16.5. The molecule has 0 aliphatic carbocycles. The summed E-state index contributed by atoms with van der Waals surface area (Å²) in [5, 5.41) is 5.48. The molecule has 2 aromatic carbocycles. The molecule has 6 nitrogen and oxygen atoms in total. The van der Waals surface area contributed by atoms with E-state index in [4.69, 9.17) is 4.74 Å². The molecule has 0 fully saturated rings. The summed E-state index contributed by atoms with van der Waals surface area (Å²) in [6.45, 7) is 5.49. The Bertz CT molecular complexity index is 824. The number of rotatable bonds is 8. The minimum Gasteiger partial charge on any atom is -0.456 e. The molecule has 6 heteroatoms. The SMILES string of the molecule is CCc1ccc(NC(=O)COC(=O)CCC(=O)Nc2c(C)cccc2C)cc1. The van der Waals surface area contributed by atoms with Crippen molar-refractivity contribution in [3.63, 3.8) is 0 Å². The van der Waals surface area contributed by atoms with Crippen molar-refractivity contribution in [3.8, 4) is 0 Å². The van der Waals surface area contributed by atoms with Gasteiger partial charge in [-0.2, -0.15) is 0 Å². The maximum absolute atomic E-state index is 12.1. The van der Waals surface area contributed by atoms with Gasteiger partial charge >= 0.3 is 5.97 Å². The number of carbonyl (C=O) groups is 3. The monoisotopic (exact) mass is 382 g/mol. The largest absolute Gasteiger partial charge is 0.456 e. The standard InChI is InChI=1S/C22H26N2O4/c1-4-17-8-10-18(11-9-17)23-20(26)14-28-21(27)13-12-19(25)24-22-15(2)6-5-7-16(22)3/h5-11H,4,12-14H2,1-3H3,(H,23,26)(H,24,25). The Morgan fingerprint density at radius 2 is 1.50 bits per heavy atom. The maximum atomic E-state index is 12.1. The van der Waals surface area contributed by atoms with Crippen LogP contribution in [0.2, 0.25) is 0 Å². The smallest absolute Gasteiger partial charge is 0.306 e. The number of amides is 2. The van der Waals surface area contributed by atoms with Crippen molar-refractivity contribution in [2.45, 2.75) is 40.0 Å². The second-order valence-corrected chi connectivity index (χ2v) is 6.57. The van der Waals surface area contributed by atoms with Crippen LogP contribution in [0.5, 0.6) is 0 Å². The summed E-state index contributed by atoms with van der Waals surface area (Å²) in [5.74, 6) is -1.28. The van der Waals surface area contributed by atoms with Crippen molar-refractivity contribution in [1.29, 1.82) is 0 Å². The van der Waals surface area contributed by atoms with Crippen LogP contribution in [-0.2, 0) is 25.5 Å². The van der Waals surface area contributed by atoms with Gasteiger partial charge in [0.1, 0.15) is 0 Å². The molecule has 2 aromatic rings. The third-order valence-corrected chi connectivity index (χ3v) is 4.31. The van der Waals surface area contributed by atoms with Crippen LogP contribution in [0.1, 0.15) is 36.5 Å². The Balaban J connectivity index is 1.71. The van der Waals surface area contributed by atoms with E-state index in [2.05, 4.69) is 17.6 Å². The van der Waals surface area contributed by atoms with Gasteiger partial charge in [0.2, 0.25) is 5.91 Å². The van der Waals surface area contributed by atoms with Gasteiger partial charge in [0.05, 0.1) is 6.42 Å². The summed E-state index contributed by atoms with van der Waals surface area (Å²) in [6.07, 6.45) is 0.824. The van der Waals surface area contributed by atoms with Gasteiger partial charge in [0, 0.05) is 17.8 Å². The summed E-state index contributed by atoms with van der Waals surface area (Å²) < 4.78 is 4.94. The number of nitrogens with one attached hydrogen (secondary N) is 2. The first-order valence-corrected chi connectivity index (χ1v) is 9.29. The fourth-order valence-electron chi connectivity index (χ4n) is 2.67. The second kappa shape index (κ2) is 10.3. The summed E-state index contributed by atoms with van der Waals surface area (Å²) in [4.78, 5) is 35.7. The lowest BCUT2D eigenvalue weighted by Crippen LogP contribution is -2.22. The number of para-hydroxylation sites is 1. The Labute approximate surface area is 165 Å². The highest BCUT2D eigenvalue weighted by molar-refractivity contribution is 5.95. The Hall–Kier alpha value is -3.15. The van der Waals surface area contributed by atoms with E-state index < -0.39 is 11.9 Å². The average Bonchev–Trinajstić information content (AvgIpc) is 2.68. The van der Waals surface area contributed by atoms with Crippen molar-refractivity contribution in [2.75, 3.05) is 17.2 Å². The first-order chi connectivity index (χ1) is 13.4. The molecule has 148 valence electrons. The first kappa shape index (κ1) is 21.2. The third kappa shape index (κ3) is 6.54. The molecule has 2 N–H and O–H groups in total. The van der Waals surface area contributed by atoms with Crippen LogP contribution in [0, 0.1) is 13.8 Å². The topological polar surface area (TPSA) is 84.5 Å². The fraction of sp³-hybridized carbons (Fsp3) is 0.318. The molecule has 28 heavy (non-hydrogen) atoms. The Morgan fingerprint density at radius 1 is 0.857 bits per heavy atom. The van der Waals surface area contributed by atoms with E-state index >= 15 is 0 Å². The van der Waals surface area contributed by atoms with E-state index in [0.717, 1.165) is 23.2 Å². The minimum atomic E-state index is -0.590. The lowest BCUT2D eigenvalue weighted by atomic mass is 10.1. The average molecular weight is 382 g/mol. The predicted molar refractivity (Wildman–Crippen MR) is 109 cm³/mol. The van der Waals surface area contributed by atoms with E-state index in [0.29, 0.717) is 5.69 Å². The van der Waals surface area contributed by atoms with Gasteiger partial charge in [-0.15, -0.1) is 0 Å². The minimum absolute atomic E-state index is 0.00724. The van der Waals surface area contributed by atoms with Crippen molar-refractivity contribution in [2.24, 2.45) is 0 Å². The van der Waals surface area contributed by atoms with Crippen molar-refractivity contribution in [3.05, 3.63) is 59.2 Å². The van der Waals surface area contributed by atoms with E-state index in [1.807, 2.05) is 44.2 Å². The molecule has 0 unspecified atom stereocenters. The van der Waals surface area contributed by atoms with Crippen LogP contribution in [0.15, 0.2) is 42.5 Å². The zero-order valence-electron chi connectivity index (χ0n) is 16.5. The summed E-state index contributed by atoms with van der Waals surface area (Å²) in [6, 6.07) is 13.2. The molecule has 2 rings (SSSR count). The molecule has 0 heterocycles. The van der Waals surface area contributed by atoms with Crippen LogP contribution in [0.4, 0.5) is 11.4 Å². The highest BCUT2D eigenvalue weighted by atomic mass is 16.5. The molecule has 0 spiro atoms. The number of benzene rings is 2. The van der Waals surface area contributed by atoms with Crippen LogP contribution in [-0.4, -0.2) is 24.4 Å². The normalized spacial score (nSPS) is 10.2. The molecule has 0 aliphatic heterocycles. The van der Waals surface area contributed by atoms with Crippen molar-refractivity contribution >= 4 is 29.2 Å². The van der Waals surface area contributed by atoms with Crippen molar-refractivity contribution in [1.82, 2.24) is 0 Å². The molecule has 0 saturated carbocycles. The summed E-state index contributed by atoms with van der Waals surface area (Å²) >= 11 is 0. The maximum Gasteiger partial charge on any atom is 0.306 e. The number of aryl methyl sites for hydroxylation is 3. The van der Waals surface area contributed by atoms with Gasteiger partial charge in [0.25, 0.3) is 5.91 Å². The number of anilines is 2. The van der Waals surface area contributed by atoms with E-state index in [9.17, 15) is 14.4 Å². The van der Waals surface area contributed by atoms with Gasteiger partial charge in [-0.25, -0.2) is 0 Å². The number of hydrogen-bond acceptors (Lipinski definition) is 4. The van der Waals surface area contributed by atoms with Crippen molar-refractivity contribution < 1.29 is 19.1 Å². The molecular formula is C22H26N2O4. The van der Waals surface area contributed by atoms with Gasteiger partial charge in [0.15, 0.2) is 6.61 Å². The van der Waals surface area contributed by atoms with Gasteiger partial charge in [-0.1, -0.05) is 37.3 Å². The fourth-order valence-corrected chi connectivity index (χ4v) is 2.67. The highest BCUT2D eigenvalue weighted by Crippen LogP contribution is 2.19. The van der Waals surface area contributed by atoms with Crippen LogP contribution in [0.25, 0.3) is 0 Å². The van der Waals surface area contributed by atoms with Gasteiger partial charge < -0.3 is 15.4 Å². The third-order valence-electron chi connectivity index (χ3n) is 4.31. The number of esters is 1. The van der Waals surface area contributed by atoms with Crippen LogP contribution < -0.4 is 10.6 Å². The van der Waals surface area contributed by atoms with Gasteiger partial charge in [-0.05, 0) is 49.1 Å².